The predicted octanol–water partition coefficient (Wildman–Crippen LogP) is 3.69. The van der Waals surface area contributed by atoms with Gasteiger partial charge in [0.15, 0.2) is 0 Å². The van der Waals surface area contributed by atoms with Gasteiger partial charge in [-0.05, 0) is 53.0 Å². The molecule has 0 aromatic heterocycles. The number of hydrogen-bond donors (Lipinski definition) is 2. The fraction of sp³-hybridized carbons (Fsp3) is 0.895. The van der Waals surface area contributed by atoms with Crippen LogP contribution in [-0.2, 0) is 14.3 Å². The molecule has 0 aliphatic rings. The minimum atomic E-state index is -0.389. The van der Waals surface area contributed by atoms with Gasteiger partial charge in [-0.25, -0.2) is 0 Å². The summed E-state index contributed by atoms with van der Waals surface area (Å²) >= 11 is 0. The van der Waals surface area contributed by atoms with Crippen LogP contribution >= 0.6 is 0 Å². The Morgan fingerprint density at radius 1 is 0.833 bits per heavy atom. The van der Waals surface area contributed by atoms with Gasteiger partial charge >= 0.3 is 5.97 Å². The van der Waals surface area contributed by atoms with Crippen molar-refractivity contribution in [1.82, 2.24) is 5.32 Å². The van der Waals surface area contributed by atoms with Crippen LogP contribution in [0.15, 0.2) is 0 Å². The van der Waals surface area contributed by atoms with E-state index in [0.29, 0.717) is 12.8 Å². The lowest BCUT2D eigenvalue weighted by atomic mass is 10.1. The second-order valence-electron chi connectivity index (χ2n) is 7.41. The first-order valence-corrected chi connectivity index (χ1v) is 9.54. The van der Waals surface area contributed by atoms with Crippen molar-refractivity contribution < 1.29 is 14.3 Å². The molecular formula is C19H38N2O3. The van der Waals surface area contributed by atoms with Gasteiger partial charge in [0.2, 0.25) is 5.91 Å². The summed E-state index contributed by atoms with van der Waals surface area (Å²) in [5, 5.41) is 2.97. The lowest BCUT2D eigenvalue weighted by molar-refractivity contribution is -0.154. The fourth-order valence-electron chi connectivity index (χ4n) is 2.42. The van der Waals surface area contributed by atoms with Crippen LogP contribution in [-0.4, -0.2) is 30.6 Å². The van der Waals surface area contributed by atoms with E-state index in [1.54, 1.807) is 0 Å². The van der Waals surface area contributed by atoms with E-state index in [0.717, 1.165) is 70.9 Å². The molecule has 24 heavy (non-hydrogen) atoms. The van der Waals surface area contributed by atoms with Gasteiger partial charge in [0, 0.05) is 19.4 Å². The summed E-state index contributed by atoms with van der Waals surface area (Å²) in [5.74, 6) is 0.0499. The van der Waals surface area contributed by atoms with E-state index < -0.39 is 0 Å². The highest BCUT2D eigenvalue weighted by molar-refractivity contribution is 5.75. The highest BCUT2D eigenvalue weighted by Crippen LogP contribution is 2.11. The Hall–Kier alpha value is -1.10. The minimum Gasteiger partial charge on any atom is -0.460 e. The topological polar surface area (TPSA) is 81.4 Å². The van der Waals surface area contributed by atoms with Gasteiger partial charge in [-0.2, -0.15) is 0 Å². The van der Waals surface area contributed by atoms with E-state index in [1.807, 2.05) is 20.8 Å². The summed E-state index contributed by atoms with van der Waals surface area (Å²) in [4.78, 5) is 23.2. The first kappa shape index (κ1) is 22.9. The lowest BCUT2D eigenvalue weighted by Crippen LogP contribution is -2.24. The number of amides is 1. The van der Waals surface area contributed by atoms with Crippen molar-refractivity contribution in [3.63, 3.8) is 0 Å². The number of carbonyl (C=O) groups excluding carboxylic acids is 2. The van der Waals surface area contributed by atoms with Crippen LogP contribution in [0.4, 0.5) is 0 Å². The molecule has 0 radical (unpaired) electrons. The molecule has 0 aromatic rings. The molecule has 5 nitrogen and oxygen atoms in total. The predicted molar refractivity (Wildman–Crippen MR) is 98.7 cm³/mol. The van der Waals surface area contributed by atoms with Crippen LogP contribution in [0.2, 0.25) is 0 Å². The minimum absolute atomic E-state index is 0.110. The van der Waals surface area contributed by atoms with Gasteiger partial charge in [0.1, 0.15) is 5.60 Å². The Kier molecular flexibility index (Phi) is 13.6. The van der Waals surface area contributed by atoms with Gasteiger partial charge in [-0.1, -0.05) is 32.1 Å². The van der Waals surface area contributed by atoms with Crippen molar-refractivity contribution in [2.45, 2.75) is 97.0 Å². The first-order valence-electron chi connectivity index (χ1n) is 9.54. The van der Waals surface area contributed by atoms with Crippen molar-refractivity contribution in [2.75, 3.05) is 13.1 Å². The number of esters is 1. The smallest absolute Gasteiger partial charge is 0.306 e. The second-order valence-corrected chi connectivity index (χ2v) is 7.41. The van der Waals surface area contributed by atoms with Gasteiger partial charge < -0.3 is 15.8 Å². The lowest BCUT2D eigenvalue weighted by Gasteiger charge is -2.19. The van der Waals surface area contributed by atoms with E-state index in [-0.39, 0.29) is 17.5 Å². The van der Waals surface area contributed by atoms with E-state index >= 15 is 0 Å². The van der Waals surface area contributed by atoms with E-state index in [2.05, 4.69) is 5.32 Å². The van der Waals surface area contributed by atoms with Crippen LogP contribution in [0.5, 0.6) is 0 Å². The van der Waals surface area contributed by atoms with Crippen LogP contribution in [0.3, 0.4) is 0 Å². The van der Waals surface area contributed by atoms with Crippen LogP contribution in [0.1, 0.15) is 91.4 Å². The molecule has 0 heterocycles. The highest BCUT2D eigenvalue weighted by Gasteiger charge is 2.15. The average Bonchev–Trinajstić information content (AvgIpc) is 2.48. The fourth-order valence-corrected chi connectivity index (χ4v) is 2.42. The molecule has 142 valence electrons. The Morgan fingerprint density at radius 3 is 2.00 bits per heavy atom. The van der Waals surface area contributed by atoms with Gasteiger partial charge in [0.25, 0.3) is 0 Å². The third-order valence-corrected chi connectivity index (χ3v) is 3.66. The van der Waals surface area contributed by atoms with Crippen molar-refractivity contribution in [3.05, 3.63) is 0 Å². The molecule has 0 aliphatic carbocycles. The summed E-state index contributed by atoms with van der Waals surface area (Å²) in [5.41, 5.74) is 5.04. The molecule has 0 spiro atoms. The van der Waals surface area contributed by atoms with Crippen LogP contribution < -0.4 is 11.1 Å². The molecule has 3 N–H and O–H groups in total. The average molecular weight is 343 g/mol. The molecule has 0 atom stereocenters. The number of hydrogen-bond acceptors (Lipinski definition) is 4. The zero-order valence-electron chi connectivity index (χ0n) is 16.0. The van der Waals surface area contributed by atoms with Gasteiger partial charge in [0.05, 0.1) is 0 Å². The molecular weight excluding hydrogens is 304 g/mol. The standard InChI is InChI=1S/C19H38N2O3/c1-19(2,3)24-18(23)14-10-5-4-8-12-16-21-17(22)13-9-6-7-11-15-20/h4-16,20H2,1-3H3,(H,21,22). The Bertz CT molecular complexity index is 338. The zero-order chi connectivity index (χ0) is 18.3. The maximum Gasteiger partial charge on any atom is 0.306 e. The molecule has 0 fully saturated rings. The Labute approximate surface area is 148 Å². The first-order chi connectivity index (χ1) is 11.3. The monoisotopic (exact) mass is 342 g/mol. The molecule has 0 aromatic carbocycles. The third kappa shape index (κ3) is 17.3. The van der Waals surface area contributed by atoms with Crippen molar-refractivity contribution in [1.29, 1.82) is 0 Å². The summed E-state index contributed by atoms with van der Waals surface area (Å²) in [7, 11) is 0. The Balaban J connectivity index is 3.33. The number of unbranched alkanes of at least 4 members (excludes halogenated alkanes) is 7. The Morgan fingerprint density at radius 2 is 1.38 bits per heavy atom. The van der Waals surface area contributed by atoms with Gasteiger partial charge in [-0.3, -0.25) is 9.59 Å². The zero-order valence-corrected chi connectivity index (χ0v) is 16.0. The summed E-state index contributed by atoms with van der Waals surface area (Å²) < 4.78 is 5.27. The third-order valence-electron chi connectivity index (χ3n) is 3.66. The molecule has 0 unspecified atom stereocenters. The number of rotatable bonds is 14. The molecule has 1 amide bonds. The number of ether oxygens (including phenoxy) is 1. The largest absolute Gasteiger partial charge is 0.460 e. The quantitative estimate of drug-likeness (QED) is 0.372. The molecule has 0 bridgehead atoms. The molecule has 5 heteroatoms. The SMILES string of the molecule is CC(C)(C)OC(=O)CCCCCCCNC(=O)CCCCCCN. The normalized spacial score (nSPS) is 11.3. The maximum atomic E-state index is 11.6. The highest BCUT2D eigenvalue weighted by atomic mass is 16.6. The molecule has 0 saturated carbocycles. The number of nitrogens with two attached hydrogens (primary N) is 1. The molecule has 0 saturated heterocycles. The maximum absolute atomic E-state index is 11.6. The van der Waals surface area contributed by atoms with Crippen molar-refractivity contribution in [3.8, 4) is 0 Å². The van der Waals surface area contributed by atoms with Gasteiger partial charge in [-0.15, -0.1) is 0 Å². The molecule has 0 rings (SSSR count). The van der Waals surface area contributed by atoms with Crippen LogP contribution in [0.25, 0.3) is 0 Å². The van der Waals surface area contributed by atoms with E-state index in [4.69, 9.17) is 10.5 Å². The number of carbonyl (C=O) groups is 2. The summed E-state index contributed by atoms with van der Waals surface area (Å²) in [6.45, 7) is 7.16. The summed E-state index contributed by atoms with van der Waals surface area (Å²) in [6, 6.07) is 0. The molecule has 0 aliphatic heterocycles. The van der Waals surface area contributed by atoms with Crippen molar-refractivity contribution >= 4 is 11.9 Å². The summed E-state index contributed by atoms with van der Waals surface area (Å²) in [6.07, 6.45) is 10.4. The van der Waals surface area contributed by atoms with Crippen molar-refractivity contribution in [2.24, 2.45) is 5.73 Å². The van der Waals surface area contributed by atoms with Crippen LogP contribution in [0, 0.1) is 0 Å². The number of nitrogens with one attached hydrogen (secondary N) is 1. The van der Waals surface area contributed by atoms with E-state index in [1.165, 1.54) is 0 Å². The second kappa shape index (κ2) is 14.3. The van der Waals surface area contributed by atoms with E-state index in [9.17, 15) is 9.59 Å².